The van der Waals surface area contributed by atoms with Crippen LogP contribution in [-0.2, 0) is 16.0 Å². The minimum Gasteiger partial charge on any atom is -0.453 e. The number of halogens is 1. The van der Waals surface area contributed by atoms with Gasteiger partial charge in [-0.3, -0.25) is 4.98 Å². The molecule has 1 unspecified atom stereocenters. The molecule has 31 heavy (non-hydrogen) atoms. The molecule has 1 aromatic rings. The summed E-state index contributed by atoms with van der Waals surface area (Å²) in [4.78, 5) is 16.0. The highest BCUT2D eigenvalue weighted by molar-refractivity contribution is 5.87. The van der Waals surface area contributed by atoms with E-state index in [9.17, 15) is 4.79 Å². The van der Waals surface area contributed by atoms with Gasteiger partial charge < -0.3 is 4.74 Å². The fourth-order valence-electron chi connectivity index (χ4n) is 3.72. The molecule has 3 nitrogen and oxygen atoms in total. The summed E-state index contributed by atoms with van der Waals surface area (Å²) in [5.74, 6) is -0.360. The van der Waals surface area contributed by atoms with Crippen molar-refractivity contribution in [2.75, 3.05) is 0 Å². The first-order valence-corrected chi connectivity index (χ1v) is 12.4. The third-order valence-electron chi connectivity index (χ3n) is 5.71. The number of nitrogens with zero attached hydrogens (tertiary/aromatic N) is 1. The second-order valence-electron chi connectivity index (χ2n) is 8.76. The van der Waals surface area contributed by atoms with Crippen molar-refractivity contribution in [3.8, 4) is 0 Å². The van der Waals surface area contributed by atoms with Gasteiger partial charge in [0, 0.05) is 11.8 Å². The maximum Gasteiger partial charge on any atom is 0.333 e. The smallest absolute Gasteiger partial charge is 0.333 e. The lowest BCUT2D eigenvalue weighted by atomic mass is 10.0. The van der Waals surface area contributed by atoms with Crippen LogP contribution in [0.4, 0.5) is 0 Å². The molecular weight excluding hydrogens is 406 g/mol. The molecule has 1 rings (SSSR count). The highest BCUT2D eigenvalue weighted by Crippen LogP contribution is 2.19. The van der Waals surface area contributed by atoms with Crippen LogP contribution in [0.2, 0.25) is 0 Å². The Morgan fingerprint density at radius 3 is 1.90 bits per heavy atom. The summed E-state index contributed by atoms with van der Waals surface area (Å²) in [6, 6.07) is 4.14. The van der Waals surface area contributed by atoms with Crippen molar-refractivity contribution in [3.63, 3.8) is 0 Å². The van der Waals surface area contributed by atoms with Gasteiger partial charge in [-0.25, -0.2) is 4.79 Å². The second-order valence-corrected chi connectivity index (χ2v) is 8.76. The minimum atomic E-state index is -0.360. The largest absolute Gasteiger partial charge is 0.453 e. The number of ether oxygens (including phenoxy) is 1. The van der Waals surface area contributed by atoms with E-state index in [0.29, 0.717) is 5.57 Å². The van der Waals surface area contributed by atoms with E-state index < -0.39 is 0 Å². The molecule has 1 aromatic heterocycles. The normalized spacial score (nSPS) is 11.6. The van der Waals surface area contributed by atoms with Crippen LogP contribution in [-0.4, -0.2) is 11.0 Å². The van der Waals surface area contributed by atoms with Crippen LogP contribution in [0.5, 0.6) is 0 Å². The molecule has 0 saturated heterocycles. The lowest BCUT2D eigenvalue weighted by Gasteiger charge is -2.13. The maximum atomic E-state index is 11.7. The molecule has 0 spiro atoms. The number of esters is 1. The first kappa shape index (κ1) is 29.7. The number of rotatable bonds is 18. The van der Waals surface area contributed by atoms with E-state index in [1.165, 1.54) is 95.5 Å². The molecule has 178 valence electrons. The number of pyridine rings is 1. The summed E-state index contributed by atoms with van der Waals surface area (Å²) in [7, 11) is 0. The SMILES string of the molecule is C=C(C)C(=O)OC(C)c1cc(CCCCCCCCCCCCCCCC)ccn1.Cl. The van der Waals surface area contributed by atoms with Crippen LogP contribution in [0, 0.1) is 0 Å². The van der Waals surface area contributed by atoms with Crippen molar-refractivity contribution in [1.29, 1.82) is 0 Å². The molecule has 1 heterocycles. The third-order valence-corrected chi connectivity index (χ3v) is 5.71. The monoisotopic (exact) mass is 451 g/mol. The van der Waals surface area contributed by atoms with Gasteiger partial charge in [-0.2, -0.15) is 0 Å². The Hall–Kier alpha value is -1.35. The highest BCUT2D eigenvalue weighted by Gasteiger charge is 2.13. The summed E-state index contributed by atoms with van der Waals surface area (Å²) in [5, 5.41) is 0. The summed E-state index contributed by atoms with van der Waals surface area (Å²) in [5.41, 5.74) is 2.50. The van der Waals surface area contributed by atoms with Gasteiger partial charge in [0.15, 0.2) is 0 Å². The number of carbonyl (C=O) groups excluding carboxylic acids is 1. The Bertz CT molecular complexity index is 603. The first-order chi connectivity index (χ1) is 14.5. The van der Waals surface area contributed by atoms with Gasteiger partial charge in [0.05, 0.1) is 5.69 Å². The van der Waals surface area contributed by atoms with E-state index in [4.69, 9.17) is 4.74 Å². The summed E-state index contributed by atoms with van der Waals surface area (Å²) in [6.07, 6.45) is 21.9. The zero-order chi connectivity index (χ0) is 22.0. The van der Waals surface area contributed by atoms with Crippen molar-refractivity contribution in [1.82, 2.24) is 4.98 Å². The van der Waals surface area contributed by atoms with Gasteiger partial charge in [0.2, 0.25) is 0 Å². The minimum absolute atomic E-state index is 0. The van der Waals surface area contributed by atoms with Gasteiger partial charge in [0.1, 0.15) is 6.10 Å². The lowest BCUT2D eigenvalue weighted by molar-refractivity contribution is -0.143. The first-order valence-electron chi connectivity index (χ1n) is 12.4. The number of aromatic nitrogens is 1. The molecular formula is C27H46ClNO2. The van der Waals surface area contributed by atoms with Gasteiger partial charge in [-0.1, -0.05) is 97.0 Å². The van der Waals surface area contributed by atoms with E-state index in [2.05, 4.69) is 30.6 Å². The molecule has 0 aliphatic carbocycles. The van der Waals surface area contributed by atoms with E-state index >= 15 is 0 Å². The Labute approximate surface area is 197 Å². The zero-order valence-corrected chi connectivity index (χ0v) is 21.1. The molecule has 1 atom stereocenters. The fraction of sp³-hybridized carbons (Fsp3) is 0.704. The van der Waals surface area contributed by atoms with Crippen LogP contribution in [0.25, 0.3) is 0 Å². The van der Waals surface area contributed by atoms with E-state index in [1.54, 1.807) is 6.92 Å². The predicted octanol–water partition coefficient (Wildman–Crippen LogP) is 8.71. The molecule has 0 aliphatic heterocycles. The number of unbranched alkanes of at least 4 members (excludes halogenated alkanes) is 13. The van der Waals surface area contributed by atoms with Crippen molar-refractivity contribution in [3.05, 3.63) is 41.7 Å². The molecule has 4 heteroatoms. The van der Waals surface area contributed by atoms with Gasteiger partial charge >= 0.3 is 5.97 Å². The summed E-state index contributed by atoms with van der Waals surface area (Å²) in [6.45, 7) is 9.43. The Morgan fingerprint density at radius 2 is 1.42 bits per heavy atom. The van der Waals surface area contributed by atoms with Crippen LogP contribution in [0.3, 0.4) is 0 Å². The number of carbonyl (C=O) groups is 1. The van der Waals surface area contributed by atoms with Crippen molar-refractivity contribution in [2.45, 2.75) is 123 Å². The highest BCUT2D eigenvalue weighted by atomic mass is 35.5. The van der Waals surface area contributed by atoms with Crippen LogP contribution < -0.4 is 0 Å². The van der Waals surface area contributed by atoms with Gasteiger partial charge in [0.25, 0.3) is 0 Å². The van der Waals surface area contributed by atoms with Gasteiger partial charge in [-0.05, 0) is 44.4 Å². The zero-order valence-electron chi connectivity index (χ0n) is 20.3. The molecule has 0 bridgehead atoms. The Morgan fingerprint density at radius 1 is 0.935 bits per heavy atom. The van der Waals surface area contributed by atoms with Crippen molar-refractivity contribution < 1.29 is 9.53 Å². The predicted molar refractivity (Wildman–Crippen MR) is 135 cm³/mol. The summed E-state index contributed by atoms with van der Waals surface area (Å²) >= 11 is 0. The Kier molecular flexibility index (Phi) is 18.5. The molecule has 0 radical (unpaired) electrons. The Balaban J connectivity index is 0.00000900. The summed E-state index contributed by atoms with van der Waals surface area (Å²) < 4.78 is 5.38. The average Bonchev–Trinajstić information content (AvgIpc) is 2.74. The third kappa shape index (κ3) is 15.1. The van der Waals surface area contributed by atoms with E-state index in [1.807, 2.05) is 13.1 Å². The van der Waals surface area contributed by atoms with E-state index in [-0.39, 0.29) is 24.5 Å². The fourth-order valence-corrected chi connectivity index (χ4v) is 3.72. The van der Waals surface area contributed by atoms with E-state index in [0.717, 1.165) is 12.1 Å². The van der Waals surface area contributed by atoms with Gasteiger partial charge in [-0.15, -0.1) is 12.4 Å². The number of hydrogen-bond donors (Lipinski definition) is 0. The number of hydrogen-bond acceptors (Lipinski definition) is 3. The maximum absolute atomic E-state index is 11.7. The van der Waals surface area contributed by atoms with Crippen LogP contribution >= 0.6 is 12.4 Å². The standard InChI is InChI=1S/C27H45NO2.ClH/c1-5-6-7-8-9-10-11-12-13-14-15-16-17-18-19-25-20-21-28-26(22-25)24(4)30-27(29)23(2)3;/h20-22,24H,2,5-19H2,1,3-4H3;1H. The molecule has 0 amide bonds. The molecule has 0 aromatic carbocycles. The van der Waals surface area contributed by atoms with Crippen molar-refractivity contribution in [2.24, 2.45) is 0 Å². The lowest BCUT2D eigenvalue weighted by Crippen LogP contribution is -2.10. The average molecular weight is 452 g/mol. The molecule has 0 saturated carbocycles. The van der Waals surface area contributed by atoms with Crippen LogP contribution in [0.1, 0.15) is 128 Å². The molecule has 0 aliphatic rings. The van der Waals surface area contributed by atoms with Crippen LogP contribution in [0.15, 0.2) is 30.5 Å². The molecule has 0 N–H and O–H groups in total. The topological polar surface area (TPSA) is 39.2 Å². The quantitative estimate of drug-likeness (QED) is 0.127. The molecule has 0 fully saturated rings. The van der Waals surface area contributed by atoms with Crippen molar-refractivity contribution >= 4 is 18.4 Å². The second kappa shape index (κ2) is 19.3. The number of aryl methyl sites for hydroxylation is 1.